The first-order valence-electron chi connectivity index (χ1n) is 5.68. The molecule has 1 fully saturated rings. The summed E-state index contributed by atoms with van der Waals surface area (Å²) in [6.45, 7) is 0.797. The van der Waals surface area contributed by atoms with Crippen molar-refractivity contribution in [3.05, 3.63) is 29.8 Å². The molecule has 1 aromatic rings. The van der Waals surface area contributed by atoms with Crippen LogP contribution in [0.3, 0.4) is 0 Å². The molecule has 6 heteroatoms. The highest BCUT2D eigenvalue weighted by atomic mass is 19.4. The van der Waals surface area contributed by atoms with E-state index in [9.17, 15) is 18.0 Å². The van der Waals surface area contributed by atoms with Crippen LogP contribution in [0.1, 0.15) is 18.4 Å². The summed E-state index contributed by atoms with van der Waals surface area (Å²) in [6, 6.07) is 4.19. The molecule has 3 nitrogen and oxygen atoms in total. The zero-order valence-electron chi connectivity index (χ0n) is 9.55. The van der Waals surface area contributed by atoms with E-state index in [1.165, 1.54) is 12.1 Å². The summed E-state index contributed by atoms with van der Waals surface area (Å²) in [4.78, 5) is 11.7. The van der Waals surface area contributed by atoms with Gasteiger partial charge in [-0.15, -0.1) is 0 Å². The van der Waals surface area contributed by atoms with Crippen LogP contribution < -0.4 is 10.6 Å². The van der Waals surface area contributed by atoms with Gasteiger partial charge in [0, 0.05) is 5.69 Å². The predicted molar refractivity (Wildman–Crippen MR) is 61.1 cm³/mol. The highest BCUT2D eigenvalue weighted by Crippen LogP contribution is 2.29. The molecule has 1 atom stereocenters. The van der Waals surface area contributed by atoms with Crippen molar-refractivity contribution in [2.75, 3.05) is 11.9 Å². The maximum atomic E-state index is 12.3. The molecule has 0 bridgehead atoms. The largest absolute Gasteiger partial charge is 0.416 e. The van der Waals surface area contributed by atoms with Crippen LogP contribution in [-0.2, 0) is 11.0 Å². The van der Waals surface area contributed by atoms with E-state index in [-0.39, 0.29) is 11.9 Å². The van der Waals surface area contributed by atoms with Crippen molar-refractivity contribution in [1.29, 1.82) is 0 Å². The van der Waals surface area contributed by atoms with Gasteiger partial charge in [0.2, 0.25) is 5.91 Å². The average Bonchev–Trinajstić information content (AvgIpc) is 2.82. The summed E-state index contributed by atoms with van der Waals surface area (Å²) in [5, 5.41) is 5.61. The Morgan fingerprint density at radius 2 is 1.94 bits per heavy atom. The number of carbonyl (C=O) groups excluding carboxylic acids is 1. The van der Waals surface area contributed by atoms with Gasteiger partial charge in [0.1, 0.15) is 0 Å². The number of nitrogens with one attached hydrogen (secondary N) is 2. The van der Waals surface area contributed by atoms with Crippen molar-refractivity contribution >= 4 is 11.6 Å². The number of rotatable bonds is 2. The Morgan fingerprint density at radius 1 is 1.28 bits per heavy atom. The maximum Gasteiger partial charge on any atom is 0.416 e. The SMILES string of the molecule is O=C(Nc1ccc(C(F)(F)F)cc1)C1CCCN1. The number of halogens is 3. The fraction of sp³-hybridized carbons (Fsp3) is 0.417. The summed E-state index contributed by atoms with van der Waals surface area (Å²) in [5.41, 5.74) is -0.346. The van der Waals surface area contributed by atoms with Crippen molar-refractivity contribution in [3.63, 3.8) is 0 Å². The Kier molecular flexibility index (Phi) is 3.56. The fourth-order valence-electron chi connectivity index (χ4n) is 1.88. The molecule has 1 aliphatic rings. The van der Waals surface area contributed by atoms with Crippen LogP contribution in [0.4, 0.5) is 18.9 Å². The zero-order valence-corrected chi connectivity index (χ0v) is 9.55. The van der Waals surface area contributed by atoms with Gasteiger partial charge in [0.25, 0.3) is 0 Å². The van der Waals surface area contributed by atoms with Crippen LogP contribution in [0.5, 0.6) is 0 Å². The molecular weight excluding hydrogens is 245 g/mol. The fourth-order valence-corrected chi connectivity index (χ4v) is 1.88. The van der Waals surface area contributed by atoms with Gasteiger partial charge in [-0.25, -0.2) is 0 Å². The first-order valence-corrected chi connectivity index (χ1v) is 5.68. The number of hydrogen-bond donors (Lipinski definition) is 2. The molecule has 2 N–H and O–H groups in total. The quantitative estimate of drug-likeness (QED) is 0.855. The Morgan fingerprint density at radius 3 is 2.44 bits per heavy atom. The lowest BCUT2D eigenvalue weighted by molar-refractivity contribution is -0.137. The van der Waals surface area contributed by atoms with Gasteiger partial charge < -0.3 is 10.6 Å². The second kappa shape index (κ2) is 4.97. The third kappa shape index (κ3) is 3.01. The topological polar surface area (TPSA) is 41.1 Å². The summed E-state index contributed by atoms with van der Waals surface area (Å²) in [5.74, 6) is -0.202. The van der Waals surface area contributed by atoms with E-state index in [4.69, 9.17) is 0 Å². The van der Waals surface area contributed by atoms with E-state index < -0.39 is 11.7 Å². The van der Waals surface area contributed by atoms with Crippen LogP contribution in [0.15, 0.2) is 24.3 Å². The number of carbonyl (C=O) groups is 1. The summed E-state index contributed by atoms with van der Waals surface area (Å²) in [7, 11) is 0. The van der Waals surface area contributed by atoms with Gasteiger partial charge in [-0.2, -0.15) is 13.2 Å². The minimum absolute atomic E-state index is 0.202. The third-order valence-corrected chi connectivity index (χ3v) is 2.86. The van der Waals surface area contributed by atoms with E-state index in [0.717, 1.165) is 31.5 Å². The second-order valence-corrected chi connectivity index (χ2v) is 4.21. The van der Waals surface area contributed by atoms with E-state index in [0.29, 0.717) is 5.69 Å². The van der Waals surface area contributed by atoms with Crippen molar-refractivity contribution in [2.45, 2.75) is 25.1 Å². The molecule has 1 saturated heterocycles. The molecule has 2 rings (SSSR count). The van der Waals surface area contributed by atoms with Gasteiger partial charge in [0.05, 0.1) is 11.6 Å². The van der Waals surface area contributed by atoms with Crippen LogP contribution in [0.2, 0.25) is 0 Å². The number of alkyl halides is 3. The lowest BCUT2D eigenvalue weighted by Gasteiger charge is -2.12. The predicted octanol–water partition coefficient (Wildman–Crippen LogP) is 2.40. The second-order valence-electron chi connectivity index (χ2n) is 4.21. The Balaban J connectivity index is 2.00. The molecule has 0 saturated carbocycles. The van der Waals surface area contributed by atoms with Crippen LogP contribution >= 0.6 is 0 Å². The lowest BCUT2D eigenvalue weighted by atomic mass is 10.2. The summed E-state index contributed by atoms with van der Waals surface area (Å²) < 4.78 is 37.0. The van der Waals surface area contributed by atoms with Crippen molar-refractivity contribution in [3.8, 4) is 0 Å². The normalized spacial score (nSPS) is 19.8. The molecule has 1 heterocycles. The molecular formula is C12H13F3N2O. The van der Waals surface area contributed by atoms with Gasteiger partial charge in [0.15, 0.2) is 0 Å². The molecule has 0 radical (unpaired) electrons. The summed E-state index contributed by atoms with van der Waals surface area (Å²) in [6.07, 6.45) is -2.66. The van der Waals surface area contributed by atoms with Crippen molar-refractivity contribution < 1.29 is 18.0 Å². The monoisotopic (exact) mass is 258 g/mol. The first-order chi connectivity index (χ1) is 8.47. The highest BCUT2D eigenvalue weighted by molar-refractivity contribution is 5.95. The molecule has 1 amide bonds. The molecule has 0 aliphatic carbocycles. The van der Waals surface area contributed by atoms with Crippen LogP contribution in [-0.4, -0.2) is 18.5 Å². The molecule has 18 heavy (non-hydrogen) atoms. The van der Waals surface area contributed by atoms with Crippen molar-refractivity contribution in [1.82, 2.24) is 5.32 Å². The average molecular weight is 258 g/mol. The Labute approximate surface area is 102 Å². The van der Waals surface area contributed by atoms with Gasteiger partial charge in [-0.05, 0) is 43.7 Å². The summed E-state index contributed by atoms with van der Waals surface area (Å²) >= 11 is 0. The maximum absolute atomic E-state index is 12.3. The Bertz CT molecular complexity index is 422. The van der Waals surface area contributed by atoms with E-state index >= 15 is 0 Å². The highest BCUT2D eigenvalue weighted by Gasteiger charge is 2.30. The molecule has 0 aromatic heterocycles. The molecule has 0 spiro atoms. The number of hydrogen-bond acceptors (Lipinski definition) is 2. The van der Waals surface area contributed by atoms with Gasteiger partial charge >= 0.3 is 6.18 Å². The zero-order chi connectivity index (χ0) is 13.2. The number of amides is 1. The molecule has 1 aliphatic heterocycles. The number of anilines is 1. The lowest BCUT2D eigenvalue weighted by Crippen LogP contribution is -2.35. The number of benzene rings is 1. The molecule has 1 unspecified atom stereocenters. The van der Waals surface area contributed by atoms with E-state index in [1.807, 2.05) is 0 Å². The smallest absolute Gasteiger partial charge is 0.325 e. The minimum atomic E-state index is -4.35. The first kappa shape index (κ1) is 12.9. The van der Waals surface area contributed by atoms with E-state index in [2.05, 4.69) is 10.6 Å². The standard InChI is InChI=1S/C12H13F3N2O/c13-12(14,15)8-3-5-9(6-4-8)17-11(18)10-2-1-7-16-10/h3-6,10,16H,1-2,7H2,(H,17,18). The molecule has 98 valence electrons. The minimum Gasteiger partial charge on any atom is -0.325 e. The third-order valence-electron chi connectivity index (χ3n) is 2.86. The van der Waals surface area contributed by atoms with Crippen molar-refractivity contribution in [2.24, 2.45) is 0 Å². The van der Waals surface area contributed by atoms with Gasteiger partial charge in [-0.1, -0.05) is 0 Å². The van der Waals surface area contributed by atoms with Crippen LogP contribution in [0, 0.1) is 0 Å². The van der Waals surface area contributed by atoms with Gasteiger partial charge in [-0.3, -0.25) is 4.79 Å². The van der Waals surface area contributed by atoms with E-state index in [1.54, 1.807) is 0 Å². The Hall–Kier alpha value is -1.56. The molecule has 1 aromatic carbocycles. The van der Waals surface area contributed by atoms with Crippen LogP contribution in [0.25, 0.3) is 0 Å².